The van der Waals surface area contributed by atoms with Crippen molar-refractivity contribution < 1.29 is 4.74 Å². The normalized spacial score (nSPS) is 9.25. The molecule has 1 aromatic rings. The lowest BCUT2D eigenvalue weighted by molar-refractivity contribution is 0.373. The molecule has 8 heavy (non-hydrogen) atoms. The van der Waals surface area contributed by atoms with Crippen LogP contribution in [-0.4, -0.2) is 22.1 Å². The molecule has 0 unspecified atom stereocenters. The minimum Gasteiger partial charge on any atom is -0.480 e. The van der Waals surface area contributed by atoms with E-state index in [0.29, 0.717) is 5.88 Å². The van der Waals surface area contributed by atoms with Gasteiger partial charge in [0.2, 0.25) is 5.88 Å². The molecule has 0 aliphatic heterocycles. The Hall–Kier alpha value is -1.06. The van der Waals surface area contributed by atoms with Crippen LogP contribution in [-0.2, 0) is 7.05 Å². The van der Waals surface area contributed by atoms with Crippen LogP contribution in [0.25, 0.3) is 0 Å². The van der Waals surface area contributed by atoms with Gasteiger partial charge >= 0.3 is 0 Å². The maximum absolute atomic E-state index is 4.82. The Morgan fingerprint density at radius 1 is 1.75 bits per heavy atom. The van der Waals surface area contributed by atoms with Gasteiger partial charge in [-0.1, -0.05) is 5.21 Å². The fourth-order valence-corrected chi connectivity index (χ4v) is 0.465. The van der Waals surface area contributed by atoms with E-state index in [1.807, 2.05) is 0 Å². The van der Waals surface area contributed by atoms with Crippen LogP contribution in [0.1, 0.15) is 0 Å². The maximum Gasteiger partial charge on any atom is 0.231 e. The van der Waals surface area contributed by atoms with E-state index in [1.165, 1.54) is 0 Å². The topological polar surface area (TPSA) is 39.9 Å². The molecule has 0 saturated carbocycles. The molecule has 44 valence electrons. The van der Waals surface area contributed by atoms with Gasteiger partial charge in [-0.2, -0.15) is 0 Å². The zero-order chi connectivity index (χ0) is 5.98. The van der Waals surface area contributed by atoms with Crippen molar-refractivity contribution >= 4 is 0 Å². The minimum atomic E-state index is 0.671. The predicted octanol–water partition coefficient (Wildman–Crippen LogP) is -0.176. The predicted molar refractivity (Wildman–Crippen MR) is 27.6 cm³/mol. The molecule has 4 heteroatoms. The summed E-state index contributed by atoms with van der Waals surface area (Å²) < 4.78 is 6.38. The first kappa shape index (κ1) is 5.08. The van der Waals surface area contributed by atoms with Crippen LogP contribution < -0.4 is 4.74 Å². The van der Waals surface area contributed by atoms with Crippen LogP contribution in [0.3, 0.4) is 0 Å². The van der Waals surface area contributed by atoms with Gasteiger partial charge in [0.1, 0.15) is 6.20 Å². The van der Waals surface area contributed by atoms with Gasteiger partial charge in [-0.3, -0.25) is 0 Å². The van der Waals surface area contributed by atoms with E-state index in [9.17, 15) is 0 Å². The lowest BCUT2D eigenvalue weighted by Crippen LogP contribution is -1.94. The van der Waals surface area contributed by atoms with Crippen LogP contribution in [0.2, 0.25) is 0 Å². The molecular weight excluding hydrogens is 106 g/mol. The highest BCUT2D eigenvalue weighted by atomic mass is 16.5. The second-order valence-electron chi connectivity index (χ2n) is 1.40. The highest BCUT2D eigenvalue weighted by Crippen LogP contribution is 2.00. The second kappa shape index (κ2) is 1.81. The molecule has 0 spiro atoms. The summed E-state index contributed by atoms with van der Waals surface area (Å²) in [6, 6.07) is 0. The van der Waals surface area contributed by atoms with Gasteiger partial charge in [0.05, 0.1) is 7.11 Å². The highest BCUT2D eigenvalue weighted by molar-refractivity contribution is 4.99. The average Bonchev–Trinajstić information content (AvgIpc) is 2.14. The number of rotatable bonds is 1. The van der Waals surface area contributed by atoms with E-state index < -0.39 is 0 Å². The van der Waals surface area contributed by atoms with Crippen molar-refractivity contribution in [1.82, 2.24) is 15.0 Å². The number of ether oxygens (including phenoxy) is 1. The summed E-state index contributed by atoms with van der Waals surface area (Å²) in [5, 5.41) is 7.21. The first-order chi connectivity index (χ1) is 3.84. The van der Waals surface area contributed by atoms with Gasteiger partial charge in [-0.25, -0.2) is 4.68 Å². The van der Waals surface area contributed by atoms with Crippen molar-refractivity contribution in [3.05, 3.63) is 6.20 Å². The zero-order valence-corrected chi connectivity index (χ0v) is 4.83. The molecular formula is C4H7N3O. The molecule has 0 bridgehead atoms. The van der Waals surface area contributed by atoms with E-state index in [-0.39, 0.29) is 0 Å². The van der Waals surface area contributed by atoms with Crippen molar-refractivity contribution in [2.45, 2.75) is 0 Å². The summed E-state index contributed by atoms with van der Waals surface area (Å²) in [6.07, 6.45) is 1.56. The molecule has 0 aromatic carbocycles. The first-order valence-electron chi connectivity index (χ1n) is 2.23. The van der Waals surface area contributed by atoms with E-state index in [0.717, 1.165) is 0 Å². The highest BCUT2D eigenvalue weighted by Gasteiger charge is 1.93. The van der Waals surface area contributed by atoms with Gasteiger partial charge < -0.3 is 4.74 Å². The molecule has 1 aromatic heterocycles. The fraction of sp³-hybridized carbons (Fsp3) is 0.500. The Labute approximate surface area is 47.1 Å². The lowest BCUT2D eigenvalue weighted by Gasteiger charge is -1.93. The van der Waals surface area contributed by atoms with Gasteiger partial charge in [0.25, 0.3) is 0 Å². The van der Waals surface area contributed by atoms with E-state index in [4.69, 9.17) is 4.74 Å². The number of hydrogen-bond donors (Lipinski definition) is 0. The quantitative estimate of drug-likeness (QED) is 0.507. The Morgan fingerprint density at radius 2 is 2.50 bits per heavy atom. The van der Waals surface area contributed by atoms with Gasteiger partial charge in [0.15, 0.2) is 0 Å². The van der Waals surface area contributed by atoms with Crippen molar-refractivity contribution in [2.75, 3.05) is 7.11 Å². The maximum atomic E-state index is 4.82. The summed E-state index contributed by atoms with van der Waals surface area (Å²) in [6.45, 7) is 0. The van der Waals surface area contributed by atoms with Crippen LogP contribution in [0.5, 0.6) is 5.88 Å². The van der Waals surface area contributed by atoms with E-state index in [2.05, 4.69) is 10.3 Å². The summed E-state index contributed by atoms with van der Waals surface area (Å²) in [5.41, 5.74) is 0. The molecule has 1 heterocycles. The Kier molecular flexibility index (Phi) is 1.15. The smallest absolute Gasteiger partial charge is 0.231 e. The molecule has 1 rings (SSSR count). The van der Waals surface area contributed by atoms with Gasteiger partial charge in [0, 0.05) is 7.05 Å². The van der Waals surface area contributed by atoms with Gasteiger partial charge in [-0.05, 0) is 0 Å². The molecule has 0 aliphatic carbocycles. The Bertz CT molecular complexity index is 172. The summed E-state index contributed by atoms with van der Waals surface area (Å²) >= 11 is 0. The molecule has 0 radical (unpaired) electrons. The number of aryl methyl sites for hydroxylation is 1. The van der Waals surface area contributed by atoms with Crippen LogP contribution in [0.4, 0.5) is 0 Å². The van der Waals surface area contributed by atoms with Crippen molar-refractivity contribution in [3.8, 4) is 5.88 Å². The SMILES string of the molecule is COc1cnnn1C. The monoisotopic (exact) mass is 113 g/mol. The van der Waals surface area contributed by atoms with E-state index >= 15 is 0 Å². The third-order valence-corrected chi connectivity index (χ3v) is 0.882. The first-order valence-corrected chi connectivity index (χ1v) is 2.23. The third kappa shape index (κ3) is 0.641. The Balaban J connectivity index is 2.92. The van der Waals surface area contributed by atoms with Crippen molar-refractivity contribution in [1.29, 1.82) is 0 Å². The molecule has 0 fully saturated rings. The Morgan fingerprint density at radius 3 is 2.75 bits per heavy atom. The second-order valence-corrected chi connectivity index (χ2v) is 1.40. The van der Waals surface area contributed by atoms with Crippen LogP contribution >= 0.6 is 0 Å². The molecule has 0 aliphatic rings. The molecule has 0 saturated heterocycles. The summed E-state index contributed by atoms with van der Waals surface area (Å²) in [5.74, 6) is 0.671. The number of methoxy groups -OCH3 is 1. The van der Waals surface area contributed by atoms with E-state index in [1.54, 1.807) is 25.0 Å². The molecule has 0 N–H and O–H groups in total. The lowest BCUT2D eigenvalue weighted by atomic mass is 10.8. The largest absolute Gasteiger partial charge is 0.480 e. The van der Waals surface area contributed by atoms with Crippen molar-refractivity contribution in [3.63, 3.8) is 0 Å². The average molecular weight is 113 g/mol. The fourth-order valence-electron chi connectivity index (χ4n) is 0.465. The van der Waals surface area contributed by atoms with Crippen LogP contribution in [0, 0.1) is 0 Å². The zero-order valence-electron chi connectivity index (χ0n) is 4.83. The standard InChI is InChI=1S/C4H7N3O/c1-7-4(8-2)3-5-6-7/h3H,1-2H3. The molecule has 0 amide bonds. The number of aromatic nitrogens is 3. The van der Waals surface area contributed by atoms with Crippen molar-refractivity contribution in [2.24, 2.45) is 7.05 Å². The third-order valence-electron chi connectivity index (χ3n) is 0.882. The number of hydrogen-bond acceptors (Lipinski definition) is 3. The number of nitrogens with zero attached hydrogens (tertiary/aromatic N) is 3. The summed E-state index contributed by atoms with van der Waals surface area (Å²) in [7, 11) is 3.35. The minimum absolute atomic E-state index is 0.671. The van der Waals surface area contributed by atoms with Gasteiger partial charge in [-0.15, -0.1) is 5.10 Å². The molecule has 0 atom stereocenters. The summed E-state index contributed by atoms with van der Waals surface area (Å²) in [4.78, 5) is 0. The molecule has 4 nitrogen and oxygen atoms in total. The van der Waals surface area contributed by atoms with Crippen LogP contribution in [0.15, 0.2) is 6.20 Å².